The molecule has 2 aromatic heterocycles. The standard InChI is InChI=1S/C24H21N3O4/c1-2-31-24-19-17(13-18(26-24)16-11-7-4-8-12-16)21(28)20(27-22(19)29)23(30)25-14-15-9-5-3-6-10-15/h3-13,28H,2,14H2,1H3,(H,25,30)(H,27,29). The van der Waals surface area contributed by atoms with Gasteiger partial charge in [0.05, 0.1) is 12.3 Å². The van der Waals surface area contributed by atoms with Gasteiger partial charge in [0, 0.05) is 17.5 Å². The molecule has 0 atom stereocenters. The van der Waals surface area contributed by atoms with Crippen molar-refractivity contribution in [3.05, 3.63) is 88.3 Å². The highest BCUT2D eigenvalue weighted by Crippen LogP contribution is 2.33. The lowest BCUT2D eigenvalue weighted by Gasteiger charge is -2.13. The highest BCUT2D eigenvalue weighted by Gasteiger charge is 2.21. The van der Waals surface area contributed by atoms with Crippen molar-refractivity contribution in [1.82, 2.24) is 15.3 Å². The van der Waals surface area contributed by atoms with Gasteiger partial charge in [-0.2, -0.15) is 0 Å². The first-order chi connectivity index (χ1) is 15.1. The van der Waals surface area contributed by atoms with Crippen LogP contribution in [0.3, 0.4) is 0 Å². The van der Waals surface area contributed by atoms with Gasteiger partial charge >= 0.3 is 0 Å². The summed E-state index contributed by atoms with van der Waals surface area (Å²) in [5.74, 6) is -0.816. The molecule has 156 valence electrons. The lowest BCUT2D eigenvalue weighted by Crippen LogP contribution is -2.26. The van der Waals surface area contributed by atoms with Crippen LogP contribution >= 0.6 is 0 Å². The zero-order valence-corrected chi connectivity index (χ0v) is 16.9. The minimum Gasteiger partial charge on any atom is -0.505 e. The van der Waals surface area contributed by atoms with Crippen LogP contribution in [0.5, 0.6) is 11.6 Å². The molecular formula is C24H21N3O4. The van der Waals surface area contributed by atoms with Crippen molar-refractivity contribution < 1.29 is 14.6 Å². The van der Waals surface area contributed by atoms with Crippen molar-refractivity contribution in [2.45, 2.75) is 13.5 Å². The number of carbonyl (C=O) groups excluding carboxylic acids is 1. The highest BCUT2D eigenvalue weighted by atomic mass is 16.5. The van der Waals surface area contributed by atoms with E-state index in [4.69, 9.17) is 4.74 Å². The van der Waals surface area contributed by atoms with Gasteiger partial charge in [0.25, 0.3) is 11.5 Å². The molecule has 0 saturated carbocycles. The van der Waals surface area contributed by atoms with E-state index in [0.717, 1.165) is 11.1 Å². The third kappa shape index (κ3) is 4.11. The fraction of sp³-hybridized carbons (Fsp3) is 0.125. The molecule has 31 heavy (non-hydrogen) atoms. The molecule has 3 N–H and O–H groups in total. The van der Waals surface area contributed by atoms with Crippen LogP contribution in [0, 0.1) is 0 Å². The minimum absolute atomic E-state index is 0.0960. The third-order valence-corrected chi connectivity index (χ3v) is 4.82. The Balaban J connectivity index is 1.80. The van der Waals surface area contributed by atoms with Crippen molar-refractivity contribution in [2.24, 2.45) is 0 Å². The molecule has 7 nitrogen and oxygen atoms in total. The summed E-state index contributed by atoms with van der Waals surface area (Å²) in [6, 6.07) is 20.3. The average Bonchev–Trinajstić information content (AvgIpc) is 2.81. The van der Waals surface area contributed by atoms with Gasteiger partial charge in [0.1, 0.15) is 11.1 Å². The van der Waals surface area contributed by atoms with Crippen LogP contribution in [0.15, 0.2) is 71.5 Å². The highest BCUT2D eigenvalue weighted by molar-refractivity contribution is 6.03. The molecule has 0 spiro atoms. The Morgan fingerprint density at radius 1 is 1.10 bits per heavy atom. The SMILES string of the molecule is CCOc1nc(-c2ccccc2)cc2c(O)c(C(=O)NCc3ccccc3)[nH]c(=O)c12. The van der Waals surface area contributed by atoms with Crippen LogP contribution < -0.4 is 15.6 Å². The van der Waals surface area contributed by atoms with Gasteiger partial charge in [-0.25, -0.2) is 4.98 Å². The molecule has 7 heteroatoms. The number of fused-ring (bicyclic) bond motifs is 1. The van der Waals surface area contributed by atoms with Gasteiger partial charge in [0.2, 0.25) is 5.88 Å². The van der Waals surface area contributed by atoms with E-state index in [0.29, 0.717) is 12.3 Å². The number of pyridine rings is 2. The van der Waals surface area contributed by atoms with E-state index in [1.54, 1.807) is 13.0 Å². The number of aromatic nitrogens is 2. The number of rotatable bonds is 6. The number of hydrogen-bond acceptors (Lipinski definition) is 5. The van der Waals surface area contributed by atoms with E-state index in [2.05, 4.69) is 15.3 Å². The second-order valence-corrected chi connectivity index (χ2v) is 6.88. The summed E-state index contributed by atoms with van der Waals surface area (Å²) < 4.78 is 5.58. The number of carbonyl (C=O) groups is 1. The molecule has 0 aliphatic heterocycles. The van der Waals surface area contributed by atoms with E-state index in [9.17, 15) is 14.7 Å². The monoisotopic (exact) mass is 415 g/mol. The summed E-state index contributed by atoms with van der Waals surface area (Å²) >= 11 is 0. The largest absolute Gasteiger partial charge is 0.505 e. The smallest absolute Gasteiger partial charge is 0.271 e. The molecule has 0 fully saturated rings. The zero-order chi connectivity index (χ0) is 21.8. The number of H-pyrrole nitrogens is 1. The molecule has 0 aliphatic rings. The normalized spacial score (nSPS) is 10.7. The van der Waals surface area contributed by atoms with Gasteiger partial charge < -0.3 is 20.1 Å². The number of ether oxygens (including phenoxy) is 1. The first-order valence-corrected chi connectivity index (χ1v) is 9.88. The first-order valence-electron chi connectivity index (χ1n) is 9.88. The summed E-state index contributed by atoms with van der Waals surface area (Å²) in [4.78, 5) is 32.5. The van der Waals surface area contributed by atoms with Crippen LogP contribution in [0.2, 0.25) is 0 Å². The predicted octanol–water partition coefficient (Wildman–Crippen LogP) is 3.62. The average molecular weight is 415 g/mol. The third-order valence-electron chi connectivity index (χ3n) is 4.82. The van der Waals surface area contributed by atoms with Crippen LogP contribution in [0.4, 0.5) is 0 Å². The van der Waals surface area contributed by atoms with Gasteiger partial charge in [0.15, 0.2) is 5.75 Å². The van der Waals surface area contributed by atoms with E-state index in [-0.39, 0.29) is 34.6 Å². The number of nitrogens with one attached hydrogen (secondary N) is 2. The Labute approximate surface area is 178 Å². The minimum atomic E-state index is -0.587. The summed E-state index contributed by atoms with van der Waals surface area (Å²) in [6.07, 6.45) is 0. The van der Waals surface area contributed by atoms with Crippen LogP contribution in [-0.2, 0) is 6.54 Å². The summed E-state index contributed by atoms with van der Waals surface area (Å²) in [5.41, 5.74) is 1.44. The molecular weight excluding hydrogens is 394 g/mol. The maximum absolute atomic E-state index is 12.8. The molecule has 4 aromatic rings. The van der Waals surface area contributed by atoms with E-state index >= 15 is 0 Å². The van der Waals surface area contributed by atoms with E-state index in [1.165, 1.54) is 0 Å². The molecule has 0 unspecified atom stereocenters. The van der Waals surface area contributed by atoms with Crippen LogP contribution in [0.1, 0.15) is 23.0 Å². The Morgan fingerprint density at radius 3 is 2.45 bits per heavy atom. The molecule has 1 amide bonds. The molecule has 0 aliphatic carbocycles. The first kappa shape index (κ1) is 20.2. The predicted molar refractivity (Wildman–Crippen MR) is 118 cm³/mol. The maximum atomic E-state index is 12.8. The summed E-state index contributed by atoms with van der Waals surface area (Å²) in [5, 5.41) is 13.9. The second-order valence-electron chi connectivity index (χ2n) is 6.88. The van der Waals surface area contributed by atoms with E-state index in [1.807, 2.05) is 60.7 Å². The molecule has 0 saturated heterocycles. The van der Waals surface area contributed by atoms with Gasteiger partial charge in [-0.15, -0.1) is 0 Å². The number of benzene rings is 2. The Kier molecular flexibility index (Phi) is 5.66. The van der Waals surface area contributed by atoms with Crippen molar-refractivity contribution in [2.75, 3.05) is 6.61 Å². The van der Waals surface area contributed by atoms with Crippen molar-refractivity contribution >= 4 is 16.7 Å². The Morgan fingerprint density at radius 2 is 1.77 bits per heavy atom. The Hall–Kier alpha value is -4.13. The second kappa shape index (κ2) is 8.71. The summed E-state index contributed by atoms with van der Waals surface area (Å²) in [7, 11) is 0. The zero-order valence-electron chi connectivity index (χ0n) is 16.9. The van der Waals surface area contributed by atoms with Crippen molar-refractivity contribution in [3.63, 3.8) is 0 Å². The lowest BCUT2D eigenvalue weighted by molar-refractivity contribution is 0.0943. The molecule has 2 heterocycles. The van der Waals surface area contributed by atoms with Crippen molar-refractivity contribution in [1.29, 1.82) is 0 Å². The van der Waals surface area contributed by atoms with Gasteiger partial charge in [-0.3, -0.25) is 9.59 Å². The van der Waals surface area contributed by atoms with Crippen LogP contribution in [0.25, 0.3) is 22.0 Å². The quantitative estimate of drug-likeness (QED) is 0.446. The lowest BCUT2D eigenvalue weighted by atomic mass is 10.1. The number of aromatic hydroxyl groups is 1. The van der Waals surface area contributed by atoms with Crippen molar-refractivity contribution in [3.8, 4) is 22.9 Å². The fourth-order valence-corrected chi connectivity index (χ4v) is 3.33. The number of hydrogen-bond donors (Lipinski definition) is 3. The number of aromatic amines is 1. The van der Waals surface area contributed by atoms with Gasteiger partial charge in [-0.1, -0.05) is 60.7 Å². The molecule has 2 aromatic carbocycles. The fourth-order valence-electron chi connectivity index (χ4n) is 3.33. The number of amides is 1. The van der Waals surface area contributed by atoms with E-state index < -0.39 is 11.5 Å². The topological polar surface area (TPSA) is 104 Å². The maximum Gasteiger partial charge on any atom is 0.271 e. The summed E-state index contributed by atoms with van der Waals surface area (Å²) in [6.45, 7) is 2.33. The molecule has 4 rings (SSSR count). The Bertz CT molecular complexity index is 1290. The molecule has 0 bridgehead atoms. The molecule has 0 radical (unpaired) electrons. The number of nitrogens with zero attached hydrogens (tertiary/aromatic N) is 1. The van der Waals surface area contributed by atoms with Gasteiger partial charge in [-0.05, 0) is 18.6 Å². The van der Waals surface area contributed by atoms with Crippen LogP contribution in [-0.4, -0.2) is 27.6 Å².